The Morgan fingerprint density at radius 2 is 2.53 bits per heavy atom. The van der Waals surface area contributed by atoms with Gasteiger partial charge in [-0.2, -0.15) is 0 Å². The average molecular weight is 229 g/mol. The molecule has 0 aromatic carbocycles. The molecule has 1 aliphatic rings. The van der Waals surface area contributed by atoms with Crippen LogP contribution < -0.4 is 5.56 Å². The van der Waals surface area contributed by atoms with E-state index in [1.807, 2.05) is 0 Å². The van der Waals surface area contributed by atoms with E-state index in [2.05, 4.69) is 9.97 Å². The van der Waals surface area contributed by atoms with Crippen LogP contribution in [0.1, 0.15) is 17.8 Å². The van der Waals surface area contributed by atoms with Gasteiger partial charge in [-0.15, -0.1) is 11.6 Å². The van der Waals surface area contributed by atoms with Gasteiger partial charge in [-0.05, 0) is 12.3 Å². The normalized spacial score (nSPS) is 20.7. The molecule has 1 atom stereocenters. The van der Waals surface area contributed by atoms with Gasteiger partial charge in [0.05, 0.1) is 11.4 Å². The maximum absolute atomic E-state index is 11.4. The fourth-order valence-corrected chi connectivity index (χ4v) is 1.87. The van der Waals surface area contributed by atoms with Crippen LogP contribution in [-0.4, -0.2) is 23.2 Å². The van der Waals surface area contributed by atoms with Crippen LogP contribution in [0.5, 0.6) is 0 Å². The number of H-pyrrole nitrogens is 1. The van der Waals surface area contributed by atoms with E-state index in [1.165, 1.54) is 0 Å². The molecule has 1 N–H and O–H groups in total. The van der Waals surface area contributed by atoms with E-state index in [4.69, 9.17) is 16.3 Å². The maximum atomic E-state index is 11.4. The summed E-state index contributed by atoms with van der Waals surface area (Å²) >= 11 is 5.57. The number of nitrogens with one attached hydrogen (secondary N) is 1. The molecular weight excluding hydrogens is 216 g/mol. The van der Waals surface area contributed by atoms with Crippen molar-refractivity contribution in [2.24, 2.45) is 5.92 Å². The molecule has 1 aliphatic heterocycles. The minimum atomic E-state index is -0.131. The quantitative estimate of drug-likeness (QED) is 0.788. The predicted octanol–water partition coefficient (Wildman–Crippen LogP) is 1.09. The molecule has 1 aromatic rings. The van der Waals surface area contributed by atoms with Crippen molar-refractivity contribution in [1.82, 2.24) is 9.97 Å². The lowest BCUT2D eigenvalue weighted by Gasteiger charge is -2.06. The molecule has 1 fully saturated rings. The van der Waals surface area contributed by atoms with Crippen molar-refractivity contribution in [3.05, 3.63) is 27.9 Å². The number of aromatic nitrogens is 2. The van der Waals surface area contributed by atoms with E-state index < -0.39 is 0 Å². The summed E-state index contributed by atoms with van der Waals surface area (Å²) in [5, 5.41) is 0. The first-order chi connectivity index (χ1) is 7.29. The van der Waals surface area contributed by atoms with Gasteiger partial charge in [0.15, 0.2) is 0 Å². The number of nitrogens with zero attached hydrogens (tertiary/aromatic N) is 1. The van der Waals surface area contributed by atoms with Crippen LogP contribution in [0, 0.1) is 5.92 Å². The number of aromatic amines is 1. The van der Waals surface area contributed by atoms with Crippen LogP contribution in [0.4, 0.5) is 0 Å². The number of hydrogen-bond donors (Lipinski definition) is 1. The molecule has 0 aliphatic carbocycles. The summed E-state index contributed by atoms with van der Waals surface area (Å²) in [6.07, 6.45) is 3.37. The van der Waals surface area contributed by atoms with Crippen molar-refractivity contribution in [3.8, 4) is 0 Å². The van der Waals surface area contributed by atoms with E-state index >= 15 is 0 Å². The average Bonchev–Trinajstić information content (AvgIpc) is 2.71. The lowest BCUT2D eigenvalue weighted by Crippen LogP contribution is -2.17. The first kappa shape index (κ1) is 10.6. The third kappa shape index (κ3) is 2.58. The van der Waals surface area contributed by atoms with Crippen molar-refractivity contribution in [3.63, 3.8) is 0 Å². The lowest BCUT2D eigenvalue weighted by molar-refractivity contribution is 0.185. The molecule has 1 unspecified atom stereocenters. The summed E-state index contributed by atoms with van der Waals surface area (Å²) in [5.41, 5.74) is 0.386. The van der Waals surface area contributed by atoms with Gasteiger partial charge < -0.3 is 9.72 Å². The molecule has 2 heterocycles. The second-order valence-corrected chi connectivity index (χ2v) is 4.02. The van der Waals surface area contributed by atoms with Crippen molar-refractivity contribution < 1.29 is 4.74 Å². The topological polar surface area (TPSA) is 55.0 Å². The molecule has 5 heteroatoms. The Kier molecular flexibility index (Phi) is 3.38. The molecule has 4 nitrogen and oxygen atoms in total. The molecule has 0 amide bonds. The molecule has 0 saturated carbocycles. The Balaban J connectivity index is 2.08. The van der Waals surface area contributed by atoms with Crippen LogP contribution in [0.25, 0.3) is 0 Å². The number of halogens is 1. The third-order valence-corrected chi connectivity index (χ3v) is 2.86. The minimum absolute atomic E-state index is 0.131. The van der Waals surface area contributed by atoms with Crippen LogP contribution in [0.15, 0.2) is 11.0 Å². The van der Waals surface area contributed by atoms with Gasteiger partial charge in [0.1, 0.15) is 5.82 Å². The van der Waals surface area contributed by atoms with E-state index in [0.717, 1.165) is 31.9 Å². The van der Waals surface area contributed by atoms with Gasteiger partial charge in [-0.25, -0.2) is 4.98 Å². The van der Waals surface area contributed by atoms with Gasteiger partial charge in [0.2, 0.25) is 0 Å². The number of ether oxygens (including phenoxy) is 1. The molecule has 1 saturated heterocycles. The van der Waals surface area contributed by atoms with Crippen molar-refractivity contribution in [2.75, 3.05) is 13.2 Å². The SMILES string of the molecule is O=c1[nH]c(CC2CCOC2)ncc1CCl. The summed E-state index contributed by atoms with van der Waals surface area (Å²) in [6, 6.07) is 0. The van der Waals surface area contributed by atoms with E-state index in [0.29, 0.717) is 11.5 Å². The standard InChI is InChI=1S/C10H13ClN2O2/c11-4-8-5-12-9(13-10(8)14)3-7-1-2-15-6-7/h5,7H,1-4,6H2,(H,12,13,14). The molecule has 15 heavy (non-hydrogen) atoms. The van der Waals surface area contributed by atoms with Gasteiger partial charge in [0, 0.05) is 25.8 Å². The molecule has 0 bridgehead atoms. The van der Waals surface area contributed by atoms with Gasteiger partial charge in [-0.1, -0.05) is 0 Å². The van der Waals surface area contributed by atoms with Crippen LogP contribution in [-0.2, 0) is 17.0 Å². The van der Waals surface area contributed by atoms with E-state index in [1.54, 1.807) is 6.20 Å². The van der Waals surface area contributed by atoms with Gasteiger partial charge in [-0.3, -0.25) is 4.79 Å². The fraction of sp³-hybridized carbons (Fsp3) is 0.600. The Bertz CT molecular complexity index is 385. The molecule has 82 valence electrons. The first-order valence-electron chi connectivity index (χ1n) is 5.00. The highest BCUT2D eigenvalue weighted by Crippen LogP contribution is 2.15. The Labute approximate surface area is 92.6 Å². The zero-order valence-corrected chi connectivity index (χ0v) is 9.09. The van der Waals surface area contributed by atoms with Crippen molar-refractivity contribution in [1.29, 1.82) is 0 Å². The van der Waals surface area contributed by atoms with E-state index in [9.17, 15) is 4.79 Å². The van der Waals surface area contributed by atoms with Gasteiger partial charge >= 0.3 is 0 Å². The zero-order chi connectivity index (χ0) is 10.7. The molecule has 2 rings (SSSR count). The fourth-order valence-electron chi connectivity index (χ4n) is 1.67. The number of rotatable bonds is 3. The molecular formula is C10H13ClN2O2. The second kappa shape index (κ2) is 4.77. The molecule has 0 radical (unpaired) electrons. The summed E-state index contributed by atoms with van der Waals surface area (Å²) < 4.78 is 5.26. The van der Waals surface area contributed by atoms with E-state index in [-0.39, 0.29) is 11.4 Å². The van der Waals surface area contributed by atoms with Crippen LogP contribution in [0.3, 0.4) is 0 Å². The largest absolute Gasteiger partial charge is 0.381 e. The minimum Gasteiger partial charge on any atom is -0.381 e. The Morgan fingerprint density at radius 1 is 1.67 bits per heavy atom. The lowest BCUT2D eigenvalue weighted by atomic mass is 10.1. The summed E-state index contributed by atoms with van der Waals surface area (Å²) in [5.74, 6) is 1.41. The van der Waals surface area contributed by atoms with Crippen molar-refractivity contribution in [2.45, 2.75) is 18.7 Å². The summed E-state index contributed by atoms with van der Waals surface area (Å²) in [7, 11) is 0. The summed E-state index contributed by atoms with van der Waals surface area (Å²) in [4.78, 5) is 18.4. The van der Waals surface area contributed by atoms with Crippen LogP contribution in [0.2, 0.25) is 0 Å². The maximum Gasteiger partial charge on any atom is 0.255 e. The monoisotopic (exact) mass is 228 g/mol. The van der Waals surface area contributed by atoms with Crippen molar-refractivity contribution >= 4 is 11.6 Å². The Hall–Kier alpha value is -0.870. The second-order valence-electron chi connectivity index (χ2n) is 3.75. The highest BCUT2D eigenvalue weighted by atomic mass is 35.5. The van der Waals surface area contributed by atoms with Gasteiger partial charge in [0.25, 0.3) is 5.56 Å². The number of alkyl halides is 1. The predicted molar refractivity (Wildman–Crippen MR) is 57.0 cm³/mol. The highest BCUT2D eigenvalue weighted by molar-refractivity contribution is 6.16. The van der Waals surface area contributed by atoms with Crippen LogP contribution >= 0.6 is 11.6 Å². The highest BCUT2D eigenvalue weighted by Gasteiger charge is 2.17. The summed E-state index contributed by atoms with van der Waals surface area (Å²) in [6.45, 7) is 1.58. The zero-order valence-electron chi connectivity index (χ0n) is 8.33. The number of hydrogen-bond acceptors (Lipinski definition) is 3. The molecule has 1 aromatic heterocycles. The Morgan fingerprint density at radius 3 is 3.13 bits per heavy atom. The third-order valence-electron chi connectivity index (χ3n) is 2.58. The first-order valence-corrected chi connectivity index (χ1v) is 5.54. The smallest absolute Gasteiger partial charge is 0.255 e. The molecule has 0 spiro atoms.